The van der Waals surface area contributed by atoms with Crippen LogP contribution in [-0.2, 0) is 0 Å². The van der Waals surface area contributed by atoms with Crippen LogP contribution in [0.25, 0.3) is 0 Å². The van der Waals surface area contributed by atoms with E-state index in [4.69, 9.17) is 11.6 Å². The number of amides is 1. The van der Waals surface area contributed by atoms with Crippen LogP contribution < -0.4 is 10.3 Å². The fraction of sp³-hybridized carbons (Fsp3) is 0.125. The summed E-state index contributed by atoms with van der Waals surface area (Å²) >= 11 is 5.87. The average molecular weight is 302 g/mol. The minimum atomic E-state index is -0.251. The van der Waals surface area contributed by atoms with Gasteiger partial charge in [0.05, 0.1) is 6.21 Å². The lowest BCUT2D eigenvalue weighted by atomic mass is 10.2. The van der Waals surface area contributed by atoms with Gasteiger partial charge in [-0.1, -0.05) is 23.7 Å². The van der Waals surface area contributed by atoms with Crippen molar-refractivity contribution in [2.75, 3.05) is 19.0 Å². The van der Waals surface area contributed by atoms with Crippen LogP contribution in [0, 0.1) is 0 Å². The van der Waals surface area contributed by atoms with Gasteiger partial charge in [0.1, 0.15) is 0 Å². The largest absolute Gasteiger partial charge is 0.378 e. The van der Waals surface area contributed by atoms with Crippen molar-refractivity contribution in [1.82, 2.24) is 5.43 Å². The third-order valence-electron chi connectivity index (χ3n) is 2.87. The third-order valence-corrected chi connectivity index (χ3v) is 3.11. The molecule has 1 N–H and O–H groups in total. The van der Waals surface area contributed by atoms with Crippen molar-refractivity contribution in [2.24, 2.45) is 5.10 Å². The molecule has 21 heavy (non-hydrogen) atoms. The van der Waals surface area contributed by atoms with Gasteiger partial charge in [-0.15, -0.1) is 0 Å². The number of halogens is 1. The molecule has 0 fully saturated rings. The van der Waals surface area contributed by atoms with E-state index in [2.05, 4.69) is 10.5 Å². The first-order chi connectivity index (χ1) is 10.1. The number of nitrogens with one attached hydrogen (secondary N) is 1. The van der Waals surface area contributed by atoms with Crippen LogP contribution in [0.5, 0.6) is 0 Å². The zero-order valence-corrected chi connectivity index (χ0v) is 12.6. The number of carbonyl (C=O) groups is 1. The summed E-state index contributed by atoms with van der Waals surface area (Å²) in [7, 11) is 3.90. The Bertz CT molecular complexity index is 651. The van der Waals surface area contributed by atoms with Gasteiger partial charge in [-0.05, 0) is 42.0 Å². The maximum atomic E-state index is 11.9. The monoisotopic (exact) mass is 301 g/mol. The molecule has 0 aliphatic heterocycles. The Hall–Kier alpha value is -2.33. The first-order valence-electron chi connectivity index (χ1n) is 6.42. The van der Waals surface area contributed by atoms with Gasteiger partial charge >= 0.3 is 0 Å². The SMILES string of the molecule is CN(C)c1ccc(C(=O)NN=Cc2cccc(Cl)c2)cc1. The Balaban J connectivity index is 1.98. The van der Waals surface area contributed by atoms with Crippen LogP contribution in [0.3, 0.4) is 0 Å². The average Bonchev–Trinajstić information content (AvgIpc) is 2.47. The van der Waals surface area contributed by atoms with Gasteiger partial charge in [0.25, 0.3) is 5.91 Å². The van der Waals surface area contributed by atoms with Crippen LogP contribution in [0.2, 0.25) is 5.02 Å². The third kappa shape index (κ3) is 4.33. The Labute approximate surface area is 129 Å². The van der Waals surface area contributed by atoms with Gasteiger partial charge in [-0.3, -0.25) is 4.79 Å². The van der Waals surface area contributed by atoms with E-state index in [1.807, 2.05) is 43.3 Å². The second kappa shape index (κ2) is 6.90. The van der Waals surface area contributed by atoms with Crippen molar-refractivity contribution in [3.63, 3.8) is 0 Å². The lowest BCUT2D eigenvalue weighted by Gasteiger charge is -2.12. The van der Waals surface area contributed by atoms with Crippen LogP contribution in [0.4, 0.5) is 5.69 Å². The molecule has 2 rings (SSSR count). The molecule has 0 unspecified atom stereocenters. The molecule has 2 aromatic carbocycles. The lowest BCUT2D eigenvalue weighted by Crippen LogP contribution is -2.17. The van der Waals surface area contributed by atoms with E-state index in [-0.39, 0.29) is 5.91 Å². The molecule has 2 aromatic rings. The lowest BCUT2D eigenvalue weighted by molar-refractivity contribution is 0.0955. The molecular weight excluding hydrogens is 286 g/mol. The zero-order chi connectivity index (χ0) is 15.2. The van der Waals surface area contributed by atoms with Gasteiger partial charge < -0.3 is 4.90 Å². The van der Waals surface area contributed by atoms with Gasteiger partial charge in [0.15, 0.2) is 0 Å². The molecule has 108 valence electrons. The zero-order valence-electron chi connectivity index (χ0n) is 11.9. The predicted molar refractivity (Wildman–Crippen MR) is 87.3 cm³/mol. The van der Waals surface area contributed by atoms with Gasteiger partial charge in [-0.2, -0.15) is 5.10 Å². The van der Waals surface area contributed by atoms with Gasteiger partial charge in [0, 0.05) is 30.4 Å². The number of benzene rings is 2. The van der Waals surface area contributed by atoms with Gasteiger partial charge in [-0.25, -0.2) is 5.43 Å². The smallest absolute Gasteiger partial charge is 0.271 e. The van der Waals surface area contributed by atoms with E-state index in [9.17, 15) is 4.79 Å². The predicted octanol–water partition coefficient (Wildman–Crippen LogP) is 3.17. The van der Waals surface area contributed by atoms with E-state index in [0.29, 0.717) is 10.6 Å². The topological polar surface area (TPSA) is 44.7 Å². The standard InChI is InChI=1S/C16H16ClN3O/c1-20(2)15-8-6-13(7-9-15)16(21)19-18-11-12-4-3-5-14(17)10-12/h3-11H,1-2H3,(H,19,21). The van der Waals surface area contributed by atoms with Crippen LogP contribution in [0.1, 0.15) is 15.9 Å². The molecule has 0 aromatic heterocycles. The normalized spacial score (nSPS) is 10.6. The summed E-state index contributed by atoms with van der Waals surface area (Å²) in [5.41, 5.74) is 4.91. The second-order valence-electron chi connectivity index (χ2n) is 4.70. The molecule has 0 heterocycles. The van der Waals surface area contributed by atoms with E-state index in [1.165, 1.54) is 0 Å². The number of hydrazone groups is 1. The molecule has 0 radical (unpaired) electrons. The van der Waals surface area contributed by atoms with E-state index in [0.717, 1.165) is 11.3 Å². The van der Waals surface area contributed by atoms with Crippen molar-refractivity contribution in [3.05, 3.63) is 64.7 Å². The fourth-order valence-corrected chi connectivity index (χ4v) is 1.93. The highest BCUT2D eigenvalue weighted by Crippen LogP contribution is 2.12. The van der Waals surface area contributed by atoms with Crippen molar-refractivity contribution < 1.29 is 4.79 Å². The first-order valence-corrected chi connectivity index (χ1v) is 6.80. The first kappa shape index (κ1) is 15.1. The number of hydrogen-bond acceptors (Lipinski definition) is 3. The number of hydrogen-bond donors (Lipinski definition) is 1. The summed E-state index contributed by atoms with van der Waals surface area (Å²) in [4.78, 5) is 13.9. The summed E-state index contributed by atoms with van der Waals surface area (Å²) < 4.78 is 0. The molecule has 1 amide bonds. The Kier molecular flexibility index (Phi) is 4.95. The molecule has 4 nitrogen and oxygen atoms in total. The number of rotatable bonds is 4. The maximum Gasteiger partial charge on any atom is 0.271 e. The summed E-state index contributed by atoms with van der Waals surface area (Å²) in [6, 6.07) is 14.5. The highest BCUT2D eigenvalue weighted by atomic mass is 35.5. The molecule has 0 spiro atoms. The van der Waals surface area contributed by atoms with E-state index >= 15 is 0 Å². The van der Waals surface area contributed by atoms with Crippen molar-refractivity contribution in [3.8, 4) is 0 Å². The minimum Gasteiger partial charge on any atom is -0.378 e. The molecule has 0 aliphatic carbocycles. The van der Waals surface area contributed by atoms with Crippen LogP contribution in [0.15, 0.2) is 53.6 Å². The molecule has 0 saturated carbocycles. The summed E-state index contributed by atoms with van der Waals surface area (Å²) in [5.74, 6) is -0.251. The number of anilines is 1. The highest BCUT2D eigenvalue weighted by Gasteiger charge is 2.04. The van der Waals surface area contributed by atoms with Crippen molar-refractivity contribution >= 4 is 29.4 Å². The van der Waals surface area contributed by atoms with E-state index in [1.54, 1.807) is 30.5 Å². The maximum absolute atomic E-state index is 11.9. The molecule has 0 atom stereocenters. The molecule has 0 bridgehead atoms. The Morgan fingerprint density at radius 2 is 1.90 bits per heavy atom. The minimum absolute atomic E-state index is 0.251. The molecule has 5 heteroatoms. The second-order valence-corrected chi connectivity index (χ2v) is 5.13. The van der Waals surface area contributed by atoms with Crippen LogP contribution in [-0.4, -0.2) is 26.2 Å². The van der Waals surface area contributed by atoms with E-state index < -0.39 is 0 Å². The van der Waals surface area contributed by atoms with Gasteiger partial charge in [0.2, 0.25) is 0 Å². The van der Waals surface area contributed by atoms with Crippen molar-refractivity contribution in [2.45, 2.75) is 0 Å². The number of nitrogens with zero attached hydrogens (tertiary/aromatic N) is 2. The molecule has 0 saturated heterocycles. The highest BCUT2D eigenvalue weighted by molar-refractivity contribution is 6.30. The molecule has 0 aliphatic rings. The Morgan fingerprint density at radius 3 is 2.52 bits per heavy atom. The summed E-state index contributed by atoms with van der Waals surface area (Å²) in [5, 5.41) is 4.55. The summed E-state index contributed by atoms with van der Waals surface area (Å²) in [6.45, 7) is 0. The summed E-state index contributed by atoms with van der Waals surface area (Å²) in [6.07, 6.45) is 1.55. The fourth-order valence-electron chi connectivity index (χ4n) is 1.73. The number of carbonyl (C=O) groups excluding carboxylic acids is 1. The quantitative estimate of drug-likeness (QED) is 0.696. The Morgan fingerprint density at radius 1 is 1.19 bits per heavy atom. The van der Waals surface area contributed by atoms with Crippen molar-refractivity contribution in [1.29, 1.82) is 0 Å². The van der Waals surface area contributed by atoms with Crippen LogP contribution >= 0.6 is 11.6 Å². The molecular formula is C16H16ClN3O.